The molecule has 7 nitrogen and oxygen atoms in total. The molecule has 0 radical (unpaired) electrons. The molecular formula is C12H15N5O2. The van der Waals surface area contributed by atoms with Gasteiger partial charge in [0.25, 0.3) is 0 Å². The Bertz CT molecular complexity index is 653. The number of carbonyl (C=O) groups is 1. The minimum absolute atomic E-state index is 0.0446. The van der Waals surface area contributed by atoms with Gasteiger partial charge in [0, 0.05) is 18.8 Å². The minimum Gasteiger partial charge on any atom is -0.350 e. The lowest BCUT2D eigenvalue weighted by molar-refractivity contribution is -0.122. The van der Waals surface area contributed by atoms with Crippen LogP contribution < -0.4 is 16.3 Å². The zero-order chi connectivity index (χ0) is 13.2. The number of aromatic nitrogens is 3. The van der Waals surface area contributed by atoms with E-state index in [-0.39, 0.29) is 24.2 Å². The summed E-state index contributed by atoms with van der Waals surface area (Å²) in [7, 11) is 0. The lowest BCUT2D eigenvalue weighted by Gasteiger charge is -2.10. The van der Waals surface area contributed by atoms with E-state index in [0.717, 1.165) is 19.5 Å². The molecule has 100 valence electrons. The number of hydrogen-bond acceptors (Lipinski definition) is 4. The summed E-state index contributed by atoms with van der Waals surface area (Å²) in [5.41, 5.74) is 0.248. The number of nitrogens with one attached hydrogen (secondary N) is 2. The van der Waals surface area contributed by atoms with Crippen LogP contribution >= 0.6 is 0 Å². The van der Waals surface area contributed by atoms with Gasteiger partial charge in [-0.15, -0.1) is 5.10 Å². The highest BCUT2D eigenvalue weighted by molar-refractivity contribution is 5.76. The van der Waals surface area contributed by atoms with Gasteiger partial charge in [0.2, 0.25) is 5.91 Å². The highest BCUT2D eigenvalue weighted by atomic mass is 16.2. The van der Waals surface area contributed by atoms with Gasteiger partial charge < -0.3 is 10.6 Å². The second-order valence-electron chi connectivity index (χ2n) is 4.63. The maximum atomic E-state index is 12.0. The number of nitrogens with zero attached hydrogens (tertiary/aromatic N) is 3. The van der Waals surface area contributed by atoms with Crippen LogP contribution in [0.4, 0.5) is 0 Å². The second-order valence-corrected chi connectivity index (χ2v) is 4.63. The van der Waals surface area contributed by atoms with Gasteiger partial charge in [-0.2, -0.15) is 0 Å². The zero-order valence-corrected chi connectivity index (χ0v) is 10.4. The highest BCUT2D eigenvalue weighted by Crippen LogP contribution is 1.98. The van der Waals surface area contributed by atoms with Crippen LogP contribution in [-0.2, 0) is 11.3 Å². The summed E-state index contributed by atoms with van der Waals surface area (Å²) in [4.78, 5) is 23.8. The number of hydrogen-bond donors (Lipinski definition) is 2. The van der Waals surface area contributed by atoms with E-state index >= 15 is 0 Å². The van der Waals surface area contributed by atoms with Crippen molar-refractivity contribution in [1.29, 1.82) is 0 Å². The number of rotatable bonds is 3. The number of carbonyl (C=O) groups excluding carboxylic acids is 1. The second kappa shape index (κ2) is 4.85. The monoisotopic (exact) mass is 261 g/mol. The minimum atomic E-state index is -0.296. The zero-order valence-electron chi connectivity index (χ0n) is 10.4. The van der Waals surface area contributed by atoms with Crippen molar-refractivity contribution in [2.45, 2.75) is 19.0 Å². The molecule has 1 amide bonds. The maximum Gasteiger partial charge on any atom is 0.350 e. The lowest BCUT2D eigenvalue weighted by Crippen LogP contribution is -2.40. The van der Waals surface area contributed by atoms with Crippen LogP contribution in [0.5, 0.6) is 0 Å². The summed E-state index contributed by atoms with van der Waals surface area (Å²) in [6.45, 7) is 1.65. The molecule has 3 rings (SSSR count). The Morgan fingerprint density at radius 3 is 3.16 bits per heavy atom. The van der Waals surface area contributed by atoms with E-state index in [4.69, 9.17) is 0 Å². The first-order valence-corrected chi connectivity index (χ1v) is 6.28. The van der Waals surface area contributed by atoms with Gasteiger partial charge in [0.05, 0.1) is 0 Å². The molecule has 0 bridgehead atoms. The molecule has 1 unspecified atom stereocenters. The molecule has 19 heavy (non-hydrogen) atoms. The fourth-order valence-corrected chi connectivity index (χ4v) is 2.26. The number of fused-ring (bicyclic) bond motifs is 1. The quantitative estimate of drug-likeness (QED) is 0.740. The fourth-order valence-electron chi connectivity index (χ4n) is 2.26. The molecule has 1 aliphatic heterocycles. The first-order chi connectivity index (χ1) is 9.24. The Morgan fingerprint density at radius 2 is 2.42 bits per heavy atom. The molecule has 1 saturated heterocycles. The third-order valence-corrected chi connectivity index (χ3v) is 3.21. The van der Waals surface area contributed by atoms with Gasteiger partial charge in [0.15, 0.2) is 5.65 Å². The molecule has 0 aromatic carbocycles. The molecule has 2 N–H and O–H groups in total. The highest BCUT2D eigenvalue weighted by Gasteiger charge is 2.17. The Labute approximate surface area is 109 Å². The Kier molecular flexibility index (Phi) is 3.04. The largest absolute Gasteiger partial charge is 0.350 e. The van der Waals surface area contributed by atoms with E-state index in [1.807, 2.05) is 0 Å². The normalized spacial score (nSPS) is 18.8. The number of pyridine rings is 1. The average molecular weight is 261 g/mol. The molecule has 0 saturated carbocycles. The SMILES string of the molecule is O=C(Cn1nc2ccccn2c1=O)NC1CCNC1. The fraction of sp³-hybridized carbons (Fsp3) is 0.417. The van der Waals surface area contributed by atoms with Crippen LogP contribution in [0.1, 0.15) is 6.42 Å². The molecular weight excluding hydrogens is 246 g/mol. The van der Waals surface area contributed by atoms with Crippen LogP contribution in [0, 0.1) is 0 Å². The van der Waals surface area contributed by atoms with Crippen molar-refractivity contribution in [2.75, 3.05) is 13.1 Å². The summed E-state index contributed by atoms with van der Waals surface area (Å²) in [6.07, 6.45) is 2.56. The van der Waals surface area contributed by atoms with Crippen molar-refractivity contribution < 1.29 is 4.79 Å². The predicted octanol–water partition coefficient (Wildman–Crippen LogP) is -1.03. The van der Waals surface area contributed by atoms with E-state index < -0.39 is 0 Å². The van der Waals surface area contributed by atoms with Gasteiger partial charge in [0.1, 0.15) is 6.54 Å². The van der Waals surface area contributed by atoms with E-state index in [0.29, 0.717) is 5.65 Å². The third kappa shape index (κ3) is 2.37. The first kappa shape index (κ1) is 11.9. The van der Waals surface area contributed by atoms with Crippen LogP contribution in [0.15, 0.2) is 29.2 Å². The van der Waals surface area contributed by atoms with E-state index in [2.05, 4.69) is 15.7 Å². The Morgan fingerprint density at radius 1 is 1.53 bits per heavy atom. The summed E-state index contributed by atoms with van der Waals surface area (Å²) < 4.78 is 2.61. The van der Waals surface area contributed by atoms with Crippen molar-refractivity contribution in [3.05, 3.63) is 34.9 Å². The molecule has 0 spiro atoms. The molecule has 3 heterocycles. The molecule has 1 aliphatic rings. The van der Waals surface area contributed by atoms with Gasteiger partial charge in [-0.1, -0.05) is 6.07 Å². The van der Waals surface area contributed by atoms with E-state index in [1.54, 1.807) is 24.4 Å². The third-order valence-electron chi connectivity index (χ3n) is 3.21. The molecule has 7 heteroatoms. The average Bonchev–Trinajstić information content (AvgIpc) is 3.00. The summed E-state index contributed by atoms with van der Waals surface area (Å²) >= 11 is 0. The van der Waals surface area contributed by atoms with Crippen LogP contribution in [0.3, 0.4) is 0 Å². The summed E-state index contributed by atoms with van der Waals surface area (Å²) in [5.74, 6) is -0.181. The van der Waals surface area contributed by atoms with Crippen LogP contribution in [0.25, 0.3) is 5.65 Å². The van der Waals surface area contributed by atoms with E-state index in [1.165, 1.54) is 9.08 Å². The lowest BCUT2D eigenvalue weighted by atomic mass is 10.2. The van der Waals surface area contributed by atoms with Crippen molar-refractivity contribution in [3.8, 4) is 0 Å². The molecule has 0 aliphatic carbocycles. The van der Waals surface area contributed by atoms with Crippen LogP contribution in [0.2, 0.25) is 0 Å². The van der Waals surface area contributed by atoms with Gasteiger partial charge in [-0.25, -0.2) is 9.48 Å². The van der Waals surface area contributed by atoms with Gasteiger partial charge >= 0.3 is 5.69 Å². The number of amides is 1. The standard InChI is InChI=1S/C12H15N5O2/c18-11(14-9-4-5-13-7-9)8-17-12(19)16-6-2-1-3-10(16)15-17/h1-3,6,9,13H,4-5,7-8H2,(H,14,18). The van der Waals surface area contributed by atoms with Gasteiger partial charge in [-0.05, 0) is 25.1 Å². The smallest absolute Gasteiger partial charge is 0.350 e. The Hall–Kier alpha value is -2.15. The first-order valence-electron chi connectivity index (χ1n) is 6.28. The van der Waals surface area contributed by atoms with Crippen LogP contribution in [-0.4, -0.2) is 39.2 Å². The molecule has 2 aromatic heterocycles. The predicted molar refractivity (Wildman–Crippen MR) is 68.9 cm³/mol. The Balaban J connectivity index is 1.75. The van der Waals surface area contributed by atoms with Crippen molar-refractivity contribution in [3.63, 3.8) is 0 Å². The molecule has 2 aromatic rings. The molecule has 1 atom stereocenters. The summed E-state index contributed by atoms with van der Waals surface area (Å²) in [6, 6.07) is 5.44. The topological polar surface area (TPSA) is 80.4 Å². The van der Waals surface area contributed by atoms with Crippen molar-refractivity contribution in [2.24, 2.45) is 0 Å². The van der Waals surface area contributed by atoms with Crippen molar-refractivity contribution in [1.82, 2.24) is 24.8 Å². The van der Waals surface area contributed by atoms with Gasteiger partial charge in [-0.3, -0.25) is 9.20 Å². The molecule has 1 fully saturated rings. The maximum absolute atomic E-state index is 12.0. The van der Waals surface area contributed by atoms with E-state index in [9.17, 15) is 9.59 Å². The summed E-state index contributed by atoms with van der Waals surface area (Å²) in [5, 5.41) is 10.2. The van der Waals surface area contributed by atoms with Crippen molar-refractivity contribution >= 4 is 11.6 Å².